The highest BCUT2D eigenvalue weighted by Gasteiger charge is 2.34. The van der Waals surface area contributed by atoms with Crippen molar-refractivity contribution in [1.82, 2.24) is 5.32 Å². The highest BCUT2D eigenvalue weighted by atomic mass is 35.5. The summed E-state index contributed by atoms with van der Waals surface area (Å²) >= 11 is 5.85. The van der Waals surface area contributed by atoms with Crippen LogP contribution in [-0.4, -0.2) is 49.1 Å². The molecule has 38 heavy (non-hydrogen) atoms. The fourth-order valence-electron chi connectivity index (χ4n) is 3.26. The molecule has 2 rings (SSSR count). The molecule has 3 N–H and O–H groups in total. The molecule has 0 aromatic heterocycles. The average molecular weight is 549 g/mol. The fraction of sp³-hybridized carbons (Fsp3) is 0.464. The Morgan fingerprint density at radius 3 is 2.08 bits per heavy atom. The summed E-state index contributed by atoms with van der Waals surface area (Å²) in [6.07, 6.45) is -2.12. The summed E-state index contributed by atoms with van der Waals surface area (Å²) in [4.78, 5) is 36.9. The van der Waals surface area contributed by atoms with Crippen LogP contribution in [0.15, 0.2) is 48.5 Å². The number of halogens is 1. The molecule has 0 aliphatic heterocycles. The Bertz CT molecular complexity index is 1080. The van der Waals surface area contributed by atoms with E-state index in [0.717, 1.165) is 5.56 Å². The Morgan fingerprint density at radius 1 is 0.921 bits per heavy atom. The summed E-state index contributed by atoms with van der Waals surface area (Å²) in [6, 6.07) is 13.8. The van der Waals surface area contributed by atoms with Crippen LogP contribution in [0, 0.1) is 5.41 Å². The molecule has 10 heteroatoms. The first-order valence-corrected chi connectivity index (χ1v) is 12.7. The number of esters is 1. The van der Waals surface area contributed by atoms with Crippen molar-refractivity contribution in [3.63, 3.8) is 0 Å². The standard InChI is InChI=1S/C28H37ClN2O7/c1-18(36-26(34)37-23(17-30)27(2,3)4)35-25(33)28(5,6)38-22-13-7-19(8-14-22)15-16-31-24(32)20-9-11-21(29)12-10-20/h7-14,18,23H,15-17,30H2,1-6H3,(H,31,32). The smallest absolute Gasteiger partial charge is 0.476 e. The van der Waals surface area contributed by atoms with Gasteiger partial charge >= 0.3 is 12.1 Å². The van der Waals surface area contributed by atoms with Gasteiger partial charge in [-0.05, 0) is 62.2 Å². The number of hydrogen-bond acceptors (Lipinski definition) is 8. The van der Waals surface area contributed by atoms with Gasteiger partial charge in [-0.1, -0.05) is 44.5 Å². The summed E-state index contributed by atoms with van der Waals surface area (Å²) < 4.78 is 21.3. The van der Waals surface area contributed by atoms with Crippen LogP contribution >= 0.6 is 11.6 Å². The maximum atomic E-state index is 12.7. The first-order valence-electron chi connectivity index (χ1n) is 12.3. The number of rotatable bonds is 11. The molecular formula is C28H37ClN2O7. The van der Waals surface area contributed by atoms with E-state index >= 15 is 0 Å². The Kier molecular flexibility index (Phi) is 11.0. The third-order valence-corrected chi connectivity index (χ3v) is 5.80. The minimum Gasteiger partial charge on any atom is -0.476 e. The molecule has 2 aromatic rings. The van der Waals surface area contributed by atoms with E-state index in [4.69, 9.17) is 36.3 Å². The van der Waals surface area contributed by atoms with Crippen molar-refractivity contribution in [2.75, 3.05) is 13.1 Å². The molecule has 1 amide bonds. The molecule has 0 aliphatic carbocycles. The summed E-state index contributed by atoms with van der Waals surface area (Å²) in [5.41, 5.74) is 5.44. The average Bonchev–Trinajstić information content (AvgIpc) is 2.83. The van der Waals surface area contributed by atoms with Crippen LogP contribution in [0.5, 0.6) is 5.75 Å². The lowest BCUT2D eigenvalue weighted by Crippen LogP contribution is -2.42. The summed E-state index contributed by atoms with van der Waals surface area (Å²) in [5.74, 6) is -0.454. The van der Waals surface area contributed by atoms with Gasteiger partial charge in [-0.3, -0.25) is 4.79 Å². The van der Waals surface area contributed by atoms with E-state index in [0.29, 0.717) is 29.3 Å². The Morgan fingerprint density at radius 2 is 1.53 bits per heavy atom. The van der Waals surface area contributed by atoms with Gasteiger partial charge in [0.05, 0.1) is 0 Å². The highest BCUT2D eigenvalue weighted by Crippen LogP contribution is 2.23. The number of carbonyl (C=O) groups is 3. The van der Waals surface area contributed by atoms with Gasteiger partial charge in [0, 0.05) is 36.0 Å². The lowest BCUT2D eigenvalue weighted by molar-refractivity contribution is -0.184. The second kappa shape index (κ2) is 13.5. The minimum absolute atomic E-state index is 0.129. The third kappa shape index (κ3) is 9.87. The van der Waals surface area contributed by atoms with Crippen LogP contribution < -0.4 is 15.8 Å². The van der Waals surface area contributed by atoms with Crippen molar-refractivity contribution in [3.8, 4) is 5.75 Å². The zero-order valence-electron chi connectivity index (χ0n) is 22.7. The van der Waals surface area contributed by atoms with Gasteiger partial charge < -0.3 is 30.0 Å². The van der Waals surface area contributed by atoms with Gasteiger partial charge in [0.15, 0.2) is 5.60 Å². The topological polar surface area (TPSA) is 126 Å². The summed E-state index contributed by atoms with van der Waals surface area (Å²) in [7, 11) is 0. The van der Waals surface area contributed by atoms with Gasteiger partial charge in [-0.25, -0.2) is 9.59 Å². The van der Waals surface area contributed by atoms with Crippen LogP contribution in [0.1, 0.15) is 57.5 Å². The van der Waals surface area contributed by atoms with Crippen molar-refractivity contribution in [3.05, 3.63) is 64.7 Å². The number of nitrogens with one attached hydrogen (secondary N) is 1. The van der Waals surface area contributed by atoms with Crippen molar-refractivity contribution >= 4 is 29.6 Å². The van der Waals surface area contributed by atoms with Crippen LogP contribution in [0.4, 0.5) is 4.79 Å². The molecule has 2 aromatic carbocycles. The summed E-state index contributed by atoms with van der Waals surface area (Å²) in [5, 5.41) is 3.43. The number of amides is 1. The molecular weight excluding hydrogens is 512 g/mol. The molecule has 0 saturated heterocycles. The molecule has 2 unspecified atom stereocenters. The largest absolute Gasteiger partial charge is 0.511 e. The van der Waals surface area contributed by atoms with Crippen LogP contribution in [0.3, 0.4) is 0 Å². The Labute approximate surface area is 228 Å². The van der Waals surface area contributed by atoms with Gasteiger partial charge in [-0.15, -0.1) is 0 Å². The molecule has 208 valence electrons. The SMILES string of the molecule is CC(OC(=O)OC(CN)C(C)(C)C)OC(=O)C(C)(C)Oc1ccc(CCNC(=O)c2ccc(Cl)cc2)cc1. The number of hydrogen-bond donors (Lipinski definition) is 2. The Hall–Kier alpha value is -3.30. The first kappa shape index (κ1) is 30.9. The van der Waals surface area contributed by atoms with Crippen molar-refractivity contribution in [2.24, 2.45) is 11.1 Å². The van der Waals surface area contributed by atoms with Crippen molar-refractivity contribution in [1.29, 1.82) is 0 Å². The highest BCUT2D eigenvalue weighted by molar-refractivity contribution is 6.30. The normalized spacial score (nSPS) is 13.2. The van der Waals surface area contributed by atoms with E-state index in [1.54, 1.807) is 50.2 Å². The minimum atomic E-state index is -1.36. The molecule has 0 spiro atoms. The molecule has 0 aliphatic rings. The lowest BCUT2D eigenvalue weighted by atomic mass is 9.89. The maximum Gasteiger partial charge on any atom is 0.511 e. The number of nitrogens with two attached hydrogens (primary N) is 1. The summed E-state index contributed by atoms with van der Waals surface area (Å²) in [6.45, 7) is 10.7. The predicted molar refractivity (Wildman–Crippen MR) is 144 cm³/mol. The third-order valence-electron chi connectivity index (χ3n) is 5.55. The second-order valence-corrected chi connectivity index (χ2v) is 10.8. The molecule has 0 saturated carbocycles. The molecule has 0 bridgehead atoms. The van der Waals surface area contributed by atoms with Gasteiger partial charge in [0.2, 0.25) is 6.29 Å². The predicted octanol–water partition coefficient (Wildman–Crippen LogP) is 4.89. The maximum absolute atomic E-state index is 12.7. The Balaban J connectivity index is 1.82. The quantitative estimate of drug-likeness (QED) is 0.300. The van der Waals surface area contributed by atoms with Crippen molar-refractivity contribution < 1.29 is 33.3 Å². The van der Waals surface area contributed by atoms with Crippen LogP contribution in [0.2, 0.25) is 5.02 Å². The number of carbonyl (C=O) groups excluding carboxylic acids is 3. The monoisotopic (exact) mass is 548 g/mol. The van der Waals surface area contributed by atoms with Gasteiger partial charge in [0.25, 0.3) is 5.91 Å². The van der Waals surface area contributed by atoms with E-state index in [-0.39, 0.29) is 17.9 Å². The molecule has 0 fully saturated rings. The second-order valence-electron chi connectivity index (χ2n) is 10.3. The lowest BCUT2D eigenvalue weighted by Gasteiger charge is -2.29. The van der Waals surface area contributed by atoms with E-state index in [1.165, 1.54) is 6.92 Å². The number of benzene rings is 2. The van der Waals surface area contributed by atoms with E-state index in [1.807, 2.05) is 32.9 Å². The van der Waals surface area contributed by atoms with E-state index < -0.39 is 30.1 Å². The van der Waals surface area contributed by atoms with Crippen molar-refractivity contribution in [2.45, 2.75) is 66.0 Å². The van der Waals surface area contributed by atoms with Gasteiger partial charge in [0.1, 0.15) is 11.9 Å². The zero-order chi connectivity index (χ0) is 28.5. The van der Waals surface area contributed by atoms with Crippen LogP contribution in [0.25, 0.3) is 0 Å². The molecule has 2 atom stereocenters. The van der Waals surface area contributed by atoms with Gasteiger partial charge in [-0.2, -0.15) is 0 Å². The molecule has 0 heterocycles. The molecule has 9 nitrogen and oxygen atoms in total. The fourth-order valence-corrected chi connectivity index (χ4v) is 3.38. The first-order chi connectivity index (χ1) is 17.7. The number of ether oxygens (including phenoxy) is 4. The molecule has 0 radical (unpaired) electrons. The van der Waals surface area contributed by atoms with E-state index in [9.17, 15) is 14.4 Å². The van der Waals surface area contributed by atoms with E-state index in [2.05, 4.69) is 5.32 Å². The zero-order valence-corrected chi connectivity index (χ0v) is 23.5. The van der Waals surface area contributed by atoms with Crippen LogP contribution in [-0.2, 0) is 25.4 Å².